The summed E-state index contributed by atoms with van der Waals surface area (Å²) in [4.78, 5) is 19.9. The molecule has 3 heterocycles. The molecular formula is C21H23FN4O2S. The Bertz CT molecular complexity index is 973. The second kappa shape index (κ2) is 8.73. The Morgan fingerprint density at radius 3 is 3.03 bits per heavy atom. The van der Waals surface area contributed by atoms with Crippen LogP contribution in [0.1, 0.15) is 30.5 Å². The highest BCUT2D eigenvalue weighted by Gasteiger charge is 2.27. The highest BCUT2D eigenvalue weighted by Crippen LogP contribution is 2.29. The number of rotatable bonds is 6. The molecular weight excluding hydrogens is 391 g/mol. The smallest absolute Gasteiger partial charge is 0.258 e. The highest BCUT2D eigenvalue weighted by atomic mass is 32.1. The van der Waals surface area contributed by atoms with Crippen LogP contribution in [0.25, 0.3) is 11.5 Å². The van der Waals surface area contributed by atoms with Crippen LogP contribution >= 0.6 is 11.3 Å². The molecule has 1 N–H and O–H groups in total. The summed E-state index contributed by atoms with van der Waals surface area (Å²) < 4.78 is 20.0. The number of aryl methyl sites for hydroxylation is 1. The summed E-state index contributed by atoms with van der Waals surface area (Å²) >= 11 is 1.62. The van der Waals surface area contributed by atoms with E-state index in [9.17, 15) is 9.18 Å². The summed E-state index contributed by atoms with van der Waals surface area (Å²) in [6, 6.07) is 8.90. The Hall–Kier alpha value is -2.74. The molecule has 4 rings (SSSR count). The van der Waals surface area contributed by atoms with Crippen LogP contribution in [0.2, 0.25) is 0 Å². The fourth-order valence-corrected chi connectivity index (χ4v) is 4.20. The summed E-state index contributed by atoms with van der Waals surface area (Å²) in [6.07, 6.45) is 2.32. The van der Waals surface area contributed by atoms with E-state index in [2.05, 4.69) is 15.5 Å². The van der Waals surface area contributed by atoms with Crippen LogP contribution in [0.3, 0.4) is 0 Å². The first-order chi connectivity index (χ1) is 14.1. The number of hydrogen-bond donors (Lipinski definition) is 1. The van der Waals surface area contributed by atoms with E-state index in [0.29, 0.717) is 42.5 Å². The van der Waals surface area contributed by atoms with Gasteiger partial charge in [0.2, 0.25) is 5.91 Å². The molecule has 1 fully saturated rings. The molecule has 0 saturated carbocycles. The third kappa shape index (κ3) is 4.48. The zero-order chi connectivity index (χ0) is 20.2. The lowest BCUT2D eigenvalue weighted by Crippen LogP contribution is -2.43. The number of halogens is 1. The monoisotopic (exact) mass is 414 g/mol. The van der Waals surface area contributed by atoms with Crippen molar-refractivity contribution in [3.05, 3.63) is 52.2 Å². The van der Waals surface area contributed by atoms with E-state index in [1.807, 2.05) is 29.3 Å². The molecule has 1 amide bonds. The summed E-state index contributed by atoms with van der Waals surface area (Å²) in [5.41, 5.74) is 1.06. The largest absolute Gasteiger partial charge is 0.368 e. The van der Waals surface area contributed by atoms with E-state index in [1.165, 1.54) is 6.07 Å². The summed E-state index contributed by atoms with van der Waals surface area (Å²) in [7, 11) is 0. The van der Waals surface area contributed by atoms with Crippen LogP contribution in [0.4, 0.5) is 10.1 Å². The Balaban J connectivity index is 1.42. The number of thiophene rings is 1. The van der Waals surface area contributed by atoms with Crippen molar-refractivity contribution in [2.75, 3.05) is 18.0 Å². The summed E-state index contributed by atoms with van der Waals surface area (Å²) in [5.74, 6) is 0.441. The van der Waals surface area contributed by atoms with Crippen LogP contribution in [-0.2, 0) is 17.8 Å². The zero-order valence-corrected chi connectivity index (χ0v) is 17.0. The van der Waals surface area contributed by atoms with E-state index in [4.69, 9.17) is 4.52 Å². The third-order valence-electron chi connectivity index (χ3n) is 5.13. The van der Waals surface area contributed by atoms with Crippen LogP contribution in [0, 0.1) is 11.7 Å². The fourth-order valence-electron chi connectivity index (χ4n) is 3.55. The number of hydrogen-bond acceptors (Lipinski definition) is 6. The molecule has 1 unspecified atom stereocenters. The SMILES string of the molecule is CCc1noc(-c2ccc(N3CCCC(C(=O)NCc4cccs4)C3)c(F)c2)n1. The average molecular weight is 415 g/mol. The first kappa shape index (κ1) is 19.6. The predicted molar refractivity (Wildman–Crippen MR) is 110 cm³/mol. The lowest BCUT2D eigenvalue weighted by Gasteiger charge is -2.34. The standard InChI is InChI=1S/C21H23FN4O2S/c1-2-19-24-21(28-25-19)14-7-8-18(17(22)11-14)26-9-3-5-15(13-26)20(27)23-12-16-6-4-10-29-16/h4,6-8,10-11,15H,2-3,5,9,12-13H2,1H3,(H,23,27). The molecule has 1 atom stereocenters. The van der Waals surface area contributed by atoms with Gasteiger partial charge < -0.3 is 14.7 Å². The fraction of sp³-hybridized carbons (Fsp3) is 0.381. The summed E-state index contributed by atoms with van der Waals surface area (Å²) in [5, 5.41) is 8.85. The number of amides is 1. The Morgan fingerprint density at radius 1 is 1.41 bits per heavy atom. The zero-order valence-electron chi connectivity index (χ0n) is 16.2. The maximum absolute atomic E-state index is 14.8. The molecule has 1 saturated heterocycles. The van der Waals surface area contributed by atoms with Crippen molar-refractivity contribution in [3.63, 3.8) is 0 Å². The lowest BCUT2D eigenvalue weighted by molar-refractivity contribution is -0.125. The van der Waals surface area contributed by atoms with E-state index in [-0.39, 0.29) is 17.6 Å². The number of piperidine rings is 1. The number of anilines is 1. The molecule has 29 heavy (non-hydrogen) atoms. The molecule has 8 heteroatoms. The predicted octanol–water partition coefficient (Wildman–Crippen LogP) is 4.03. The average Bonchev–Trinajstić information content (AvgIpc) is 3.44. The van der Waals surface area contributed by atoms with Crippen LogP contribution < -0.4 is 10.2 Å². The molecule has 3 aromatic rings. The van der Waals surface area contributed by atoms with Crippen LogP contribution in [-0.4, -0.2) is 29.1 Å². The van der Waals surface area contributed by atoms with Crippen LogP contribution in [0.15, 0.2) is 40.2 Å². The quantitative estimate of drug-likeness (QED) is 0.659. The van der Waals surface area contributed by atoms with Gasteiger partial charge in [-0.3, -0.25) is 4.79 Å². The van der Waals surface area contributed by atoms with Crippen molar-refractivity contribution >= 4 is 22.9 Å². The van der Waals surface area contributed by atoms with Gasteiger partial charge in [0.15, 0.2) is 5.82 Å². The van der Waals surface area contributed by atoms with Gasteiger partial charge in [-0.05, 0) is 42.5 Å². The van der Waals surface area contributed by atoms with E-state index in [0.717, 1.165) is 24.3 Å². The molecule has 0 bridgehead atoms. The Labute approximate surface area is 172 Å². The van der Waals surface area contributed by atoms with E-state index < -0.39 is 0 Å². The van der Waals surface area contributed by atoms with Gasteiger partial charge in [-0.2, -0.15) is 4.98 Å². The van der Waals surface area contributed by atoms with Crippen LogP contribution in [0.5, 0.6) is 0 Å². The van der Waals surface area contributed by atoms with Crippen molar-refractivity contribution in [1.29, 1.82) is 0 Å². The molecule has 2 aromatic heterocycles. The highest BCUT2D eigenvalue weighted by molar-refractivity contribution is 7.09. The van der Waals surface area contributed by atoms with Crippen molar-refractivity contribution < 1.29 is 13.7 Å². The molecule has 6 nitrogen and oxygen atoms in total. The second-order valence-corrected chi connectivity index (χ2v) is 8.15. The van der Waals surface area contributed by atoms with Gasteiger partial charge in [0.25, 0.3) is 5.89 Å². The van der Waals surface area contributed by atoms with Gasteiger partial charge in [-0.15, -0.1) is 11.3 Å². The second-order valence-electron chi connectivity index (χ2n) is 7.12. The van der Waals surface area contributed by atoms with E-state index >= 15 is 0 Å². The minimum Gasteiger partial charge on any atom is -0.368 e. The molecule has 1 aliphatic rings. The van der Waals surface area contributed by atoms with Crippen molar-refractivity contribution in [3.8, 4) is 11.5 Å². The number of benzene rings is 1. The molecule has 1 aromatic carbocycles. The first-order valence-corrected chi connectivity index (χ1v) is 10.7. The Kier molecular flexibility index (Phi) is 5.89. The van der Waals surface area contributed by atoms with Gasteiger partial charge in [-0.1, -0.05) is 18.1 Å². The topological polar surface area (TPSA) is 71.3 Å². The first-order valence-electron chi connectivity index (χ1n) is 9.81. The third-order valence-corrected chi connectivity index (χ3v) is 6.01. The van der Waals surface area contributed by atoms with Gasteiger partial charge in [0.1, 0.15) is 5.82 Å². The molecule has 1 aliphatic heterocycles. The van der Waals surface area contributed by atoms with Gasteiger partial charge in [0.05, 0.1) is 18.2 Å². The van der Waals surface area contributed by atoms with Crippen molar-refractivity contribution in [2.45, 2.75) is 32.7 Å². The van der Waals surface area contributed by atoms with Crippen molar-refractivity contribution in [1.82, 2.24) is 15.5 Å². The van der Waals surface area contributed by atoms with E-state index in [1.54, 1.807) is 23.5 Å². The number of carbonyl (C=O) groups excluding carboxylic acids is 1. The molecule has 0 spiro atoms. The number of aromatic nitrogens is 2. The number of nitrogens with one attached hydrogen (secondary N) is 1. The van der Waals surface area contributed by atoms with Gasteiger partial charge in [0, 0.05) is 30.0 Å². The molecule has 152 valence electrons. The summed E-state index contributed by atoms with van der Waals surface area (Å²) in [6.45, 7) is 3.71. The maximum atomic E-state index is 14.8. The lowest BCUT2D eigenvalue weighted by atomic mass is 9.96. The van der Waals surface area contributed by atoms with Gasteiger partial charge in [-0.25, -0.2) is 4.39 Å². The minimum absolute atomic E-state index is 0.0260. The Morgan fingerprint density at radius 2 is 2.31 bits per heavy atom. The van der Waals surface area contributed by atoms with Gasteiger partial charge >= 0.3 is 0 Å². The molecule has 0 radical (unpaired) electrons. The number of carbonyl (C=O) groups is 1. The normalized spacial score (nSPS) is 16.8. The maximum Gasteiger partial charge on any atom is 0.258 e. The number of nitrogens with zero attached hydrogens (tertiary/aromatic N) is 3. The molecule has 0 aliphatic carbocycles. The van der Waals surface area contributed by atoms with Crippen molar-refractivity contribution in [2.24, 2.45) is 5.92 Å². The minimum atomic E-state index is -0.349.